The highest BCUT2D eigenvalue weighted by atomic mass is 16.5. The van der Waals surface area contributed by atoms with E-state index in [4.69, 9.17) is 9.47 Å². The lowest BCUT2D eigenvalue weighted by Crippen LogP contribution is -2.40. The zero-order valence-electron chi connectivity index (χ0n) is 15.8. The first-order valence-electron chi connectivity index (χ1n) is 9.59. The number of nitrogens with zero attached hydrogens (tertiary/aromatic N) is 1. The summed E-state index contributed by atoms with van der Waals surface area (Å²) in [5.41, 5.74) is 0.466. The van der Waals surface area contributed by atoms with E-state index in [-0.39, 0.29) is 42.0 Å². The number of hydrogen-bond donors (Lipinski definition) is 1. The van der Waals surface area contributed by atoms with Crippen molar-refractivity contribution in [2.75, 3.05) is 26.1 Å². The molecule has 3 fully saturated rings. The van der Waals surface area contributed by atoms with Gasteiger partial charge in [-0.3, -0.25) is 19.3 Å². The van der Waals surface area contributed by atoms with Crippen LogP contribution in [-0.2, 0) is 14.4 Å². The quantitative estimate of drug-likeness (QED) is 0.619. The van der Waals surface area contributed by atoms with E-state index in [1.807, 2.05) is 0 Å². The second-order valence-electron chi connectivity index (χ2n) is 8.03. The van der Waals surface area contributed by atoms with E-state index in [0.717, 1.165) is 11.3 Å². The van der Waals surface area contributed by atoms with Crippen molar-refractivity contribution in [2.24, 2.45) is 35.5 Å². The fourth-order valence-electron chi connectivity index (χ4n) is 5.41. The predicted octanol–water partition coefficient (Wildman–Crippen LogP) is 1.70. The Hall–Kier alpha value is -2.83. The largest absolute Gasteiger partial charge is 0.497 e. The van der Waals surface area contributed by atoms with Crippen LogP contribution >= 0.6 is 0 Å². The van der Waals surface area contributed by atoms with Gasteiger partial charge in [-0.2, -0.15) is 0 Å². The minimum absolute atomic E-state index is 0.159. The van der Waals surface area contributed by atoms with E-state index < -0.39 is 5.91 Å². The smallest absolute Gasteiger partial charge is 0.244 e. The maximum atomic E-state index is 12.9. The fraction of sp³-hybridized carbons (Fsp3) is 0.476. The van der Waals surface area contributed by atoms with Crippen molar-refractivity contribution in [1.82, 2.24) is 4.90 Å². The average molecular weight is 382 g/mol. The Morgan fingerprint density at radius 1 is 1.07 bits per heavy atom. The summed E-state index contributed by atoms with van der Waals surface area (Å²) >= 11 is 0. The maximum Gasteiger partial charge on any atom is 0.244 e. The predicted molar refractivity (Wildman–Crippen MR) is 99.6 cm³/mol. The number of amides is 3. The summed E-state index contributed by atoms with van der Waals surface area (Å²) in [6.45, 7) is -0.269. The Balaban J connectivity index is 1.31. The number of methoxy groups -OCH3 is 2. The van der Waals surface area contributed by atoms with E-state index in [2.05, 4.69) is 17.5 Å². The summed E-state index contributed by atoms with van der Waals surface area (Å²) in [6.07, 6.45) is 5.36. The van der Waals surface area contributed by atoms with Crippen LogP contribution in [0.1, 0.15) is 6.42 Å². The van der Waals surface area contributed by atoms with E-state index >= 15 is 0 Å². The molecule has 3 amide bonds. The molecule has 7 nitrogen and oxygen atoms in total. The zero-order valence-corrected chi connectivity index (χ0v) is 15.8. The molecule has 6 rings (SSSR count). The first-order chi connectivity index (χ1) is 13.5. The zero-order chi connectivity index (χ0) is 19.6. The van der Waals surface area contributed by atoms with Crippen LogP contribution in [0.2, 0.25) is 0 Å². The lowest BCUT2D eigenvalue weighted by Gasteiger charge is -2.37. The summed E-state index contributed by atoms with van der Waals surface area (Å²) in [7, 11) is 3.04. The lowest BCUT2D eigenvalue weighted by atomic mass is 9.63. The van der Waals surface area contributed by atoms with Crippen molar-refractivity contribution >= 4 is 23.4 Å². The fourth-order valence-corrected chi connectivity index (χ4v) is 5.41. The highest BCUT2D eigenvalue weighted by Crippen LogP contribution is 2.65. The molecule has 0 aromatic heterocycles. The van der Waals surface area contributed by atoms with Gasteiger partial charge >= 0.3 is 0 Å². The third-order valence-corrected chi connectivity index (χ3v) is 6.74. The molecule has 1 heterocycles. The van der Waals surface area contributed by atoms with Gasteiger partial charge in [-0.25, -0.2) is 0 Å². The summed E-state index contributed by atoms with van der Waals surface area (Å²) in [5.74, 6) is 1.08. The number of likely N-dealkylation sites (tertiary alicyclic amines) is 1. The van der Waals surface area contributed by atoms with Gasteiger partial charge in [0.05, 0.1) is 31.7 Å². The van der Waals surface area contributed by atoms with Gasteiger partial charge in [-0.1, -0.05) is 12.2 Å². The topological polar surface area (TPSA) is 84.9 Å². The van der Waals surface area contributed by atoms with Crippen molar-refractivity contribution < 1.29 is 23.9 Å². The molecule has 1 aliphatic heterocycles. The number of nitrogens with one attached hydrogen (secondary N) is 1. The van der Waals surface area contributed by atoms with Gasteiger partial charge < -0.3 is 14.8 Å². The molecular weight excluding hydrogens is 360 g/mol. The van der Waals surface area contributed by atoms with Crippen molar-refractivity contribution in [3.63, 3.8) is 0 Å². The van der Waals surface area contributed by atoms with E-state index in [1.54, 1.807) is 25.3 Å². The van der Waals surface area contributed by atoms with Crippen LogP contribution in [0, 0.1) is 35.5 Å². The number of anilines is 1. The second kappa shape index (κ2) is 6.09. The number of imide groups is 1. The van der Waals surface area contributed by atoms with Gasteiger partial charge in [0.2, 0.25) is 17.7 Å². The van der Waals surface area contributed by atoms with Gasteiger partial charge in [0, 0.05) is 6.07 Å². The molecule has 0 radical (unpaired) electrons. The number of carbonyl (C=O) groups is 3. The Morgan fingerprint density at radius 2 is 1.71 bits per heavy atom. The standard InChI is InChI=1S/C21H22N2O5/c1-27-10-3-6-15(16(7-10)28-2)22-17(24)9-23-20(25)18-11-4-5-12(14-8-13(11)14)19(18)21(23)26/h3-7,11-14,18-19H,8-9H2,1-2H3,(H,22,24)/t11-,12-,13-,14-,18-,19+/m0/s1. The SMILES string of the molecule is COc1ccc(NC(=O)CN2C(=O)[C@@H]3[C@H]4C=C[C@@H]([C@@H]5C[C@@H]45)[C@@H]3C2=O)c(OC)c1. The van der Waals surface area contributed by atoms with Crippen molar-refractivity contribution in [3.05, 3.63) is 30.4 Å². The third-order valence-electron chi connectivity index (χ3n) is 6.74. The molecule has 1 N–H and O–H groups in total. The Bertz CT molecular complexity index is 874. The number of rotatable bonds is 5. The first kappa shape index (κ1) is 17.3. The molecule has 1 aromatic rings. The highest BCUT2D eigenvalue weighted by molar-refractivity contribution is 6.09. The van der Waals surface area contributed by atoms with Crippen LogP contribution in [0.4, 0.5) is 5.69 Å². The van der Waals surface area contributed by atoms with Crippen LogP contribution < -0.4 is 14.8 Å². The third kappa shape index (κ3) is 2.38. The molecule has 6 atom stereocenters. The van der Waals surface area contributed by atoms with Crippen LogP contribution in [0.3, 0.4) is 0 Å². The molecule has 2 saturated carbocycles. The first-order valence-corrected chi connectivity index (χ1v) is 9.59. The molecular formula is C21H22N2O5. The van der Waals surface area contributed by atoms with E-state index in [1.165, 1.54) is 7.11 Å². The van der Waals surface area contributed by atoms with E-state index in [9.17, 15) is 14.4 Å². The Morgan fingerprint density at radius 3 is 2.29 bits per heavy atom. The van der Waals surface area contributed by atoms with Crippen molar-refractivity contribution in [1.29, 1.82) is 0 Å². The second-order valence-corrected chi connectivity index (χ2v) is 8.03. The number of benzene rings is 1. The number of ether oxygens (including phenoxy) is 2. The van der Waals surface area contributed by atoms with Crippen LogP contribution in [-0.4, -0.2) is 43.4 Å². The molecule has 7 heteroatoms. The molecule has 2 bridgehead atoms. The minimum atomic E-state index is -0.422. The lowest BCUT2D eigenvalue weighted by molar-refractivity contribution is -0.142. The maximum absolute atomic E-state index is 12.9. The van der Waals surface area contributed by atoms with Crippen molar-refractivity contribution in [2.45, 2.75) is 6.42 Å². The molecule has 1 aromatic carbocycles. The number of carbonyl (C=O) groups excluding carboxylic acids is 3. The minimum Gasteiger partial charge on any atom is -0.497 e. The molecule has 28 heavy (non-hydrogen) atoms. The van der Waals surface area contributed by atoms with Crippen LogP contribution in [0.5, 0.6) is 11.5 Å². The molecule has 0 spiro atoms. The Labute approximate surface area is 162 Å². The summed E-state index contributed by atoms with van der Waals surface area (Å²) in [6, 6.07) is 5.03. The monoisotopic (exact) mass is 382 g/mol. The molecule has 4 aliphatic carbocycles. The summed E-state index contributed by atoms with van der Waals surface area (Å²) in [4.78, 5) is 39.6. The average Bonchev–Trinajstić information content (AvgIpc) is 3.49. The van der Waals surface area contributed by atoms with Crippen LogP contribution in [0.15, 0.2) is 30.4 Å². The molecule has 1 saturated heterocycles. The van der Waals surface area contributed by atoms with Crippen LogP contribution in [0.25, 0.3) is 0 Å². The van der Waals surface area contributed by atoms with Gasteiger partial charge in [0.15, 0.2) is 0 Å². The van der Waals surface area contributed by atoms with Gasteiger partial charge in [0.25, 0.3) is 0 Å². The molecule has 146 valence electrons. The summed E-state index contributed by atoms with van der Waals surface area (Å²) in [5, 5.41) is 2.74. The number of allylic oxidation sites excluding steroid dienone is 2. The number of hydrogen-bond acceptors (Lipinski definition) is 5. The Kier molecular flexibility index (Phi) is 3.76. The van der Waals surface area contributed by atoms with Gasteiger partial charge in [-0.15, -0.1) is 0 Å². The van der Waals surface area contributed by atoms with Gasteiger partial charge in [-0.05, 0) is 42.2 Å². The normalized spacial score (nSPS) is 34.1. The highest BCUT2D eigenvalue weighted by Gasteiger charge is 2.67. The summed E-state index contributed by atoms with van der Waals surface area (Å²) < 4.78 is 10.4. The van der Waals surface area contributed by atoms with Gasteiger partial charge in [0.1, 0.15) is 18.0 Å². The van der Waals surface area contributed by atoms with E-state index in [0.29, 0.717) is 29.0 Å². The molecule has 0 unspecified atom stereocenters. The molecule has 5 aliphatic rings. The van der Waals surface area contributed by atoms with Crippen molar-refractivity contribution in [3.8, 4) is 11.5 Å².